The molecule has 90 valence electrons. The molecule has 0 unspecified atom stereocenters. The van der Waals surface area contributed by atoms with E-state index in [1.165, 1.54) is 25.7 Å². The van der Waals surface area contributed by atoms with Crippen LogP contribution in [0.1, 0.15) is 39.5 Å². The van der Waals surface area contributed by atoms with E-state index < -0.39 is 0 Å². The fourth-order valence-corrected chi connectivity index (χ4v) is 1.50. The number of rotatable bonds is 7. The van der Waals surface area contributed by atoms with E-state index in [4.69, 9.17) is 5.73 Å². The first kappa shape index (κ1) is 12.7. The molecule has 0 aromatic carbocycles. The highest BCUT2D eigenvalue weighted by molar-refractivity contribution is 5.37. The highest BCUT2D eigenvalue weighted by Crippen LogP contribution is 2.10. The molecule has 0 fully saturated rings. The number of aromatic nitrogens is 2. The average Bonchev–Trinajstić information content (AvgIpc) is 2.31. The van der Waals surface area contributed by atoms with Crippen molar-refractivity contribution in [2.45, 2.75) is 39.5 Å². The summed E-state index contributed by atoms with van der Waals surface area (Å²) >= 11 is 0. The largest absolute Gasteiger partial charge is 0.396 e. The van der Waals surface area contributed by atoms with Gasteiger partial charge in [-0.05, 0) is 12.8 Å². The maximum Gasteiger partial charge on any atom is 0.225 e. The topological polar surface area (TPSA) is 55.0 Å². The Hall–Kier alpha value is -1.32. The first-order chi connectivity index (χ1) is 7.77. The lowest BCUT2D eigenvalue weighted by Gasteiger charge is -2.21. The molecule has 2 N–H and O–H groups in total. The van der Waals surface area contributed by atoms with Crippen LogP contribution >= 0.6 is 0 Å². The molecule has 0 saturated heterocycles. The van der Waals surface area contributed by atoms with Crippen LogP contribution in [0, 0.1) is 0 Å². The summed E-state index contributed by atoms with van der Waals surface area (Å²) in [5, 5.41) is 0. The van der Waals surface area contributed by atoms with Crippen LogP contribution < -0.4 is 10.6 Å². The minimum Gasteiger partial charge on any atom is -0.396 e. The summed E-state index contributed by atoms with van der Waals surface area (Å²) in [7, 11) is 0. The van der Waals surface area contributed by atoms with Gasteiger partial charge in [-0.25, -0.2) is 9.97 Å². The van der Waals surface area contributed by atoms with Gasteiger partial charge in [-0.1, -0.05) is 26.7 Å². The van der Waals surface area contributed by atoms with Gasteiger partial charge in [-0.2, -0.15) is 0 Å². The predicted molar refractivity (Wildman–Crippen MR) is 68.5 cm³/mol. The van der Waals surface area contributed by atoms with Crippen LogP contribution in [0.2, 0.25) is 0 Å². The summed E-state index contributed by atoms with van der Waals surface area (Å²) in [5.74, 6) is 0.802. The Morgan fingerprint density at radius 3 is 2.00 bits per heavy atom. The molecule has 1 heterocycles. The Kier molecular flexibility index (Phi) is 5.61. The molecule has 0 spiro atoms. The molecule has 4 heteroatoms. The maximum absolute atomic E-state index is 5.58. The zero-order valence-corrected chi connectivity index (χ0v) is 10.3. The second-order valence-corrected chi connectivity index (χ2v) is 4.01. The summed E-state index contributed by atoms with van der Waals surface area (Å²) in [6, 6.07) is 0. The molecule has 0 atom stereocenters. The van der Waals surface area contributed by atoms with Crippen LogP contribution in [0.3, 0.4) is 0 Å². The Morgan fingerprint density at radius 2 is 1.56 bits per heavy atom. The van der Waals surface area contributed by atoms with E-state index in [2.05, 4.69) is 28.7 Å². The smallest absolute Gasteiger partial charge is 0.225 e. The molecular weight excluding hydrogens is 200 g/mol. The van der Waals surface area contributed by atoms with Crippen LogP contribution in [-0.4, -0.2) is 23.1 Å². The molecule has 1 aromatic rings. The first-order valence-electron chi connectivity index (χ1n) is 6.10. The lowest BCUT2D eigenvalue weighted by atomic mass is 10.3. The molecule has 0 radical (unpaired) electrons. The van der Waals surface area contributed by atoms with Crippen molar-refractivity contribution in [3.63, 3.8) is 0 Å². The molecule has 1 aromatic heterocycles. The fourth-order valence-electron chi connectivity index (χ4n) is 1.50. The Bertz CT molecular complexity index is 276. The van der Waals surface area contributed by atoms with Gasteiger partial charge in [0.25, 0.3) is 0 Å². The zero-order chi connectivity index (χ0) is 11.8. The van der Waals surface area contributed by atoms with Crippen molar-refractivity contribution < 1.29 is 0 Å². The van der Waals surface area contributed by atoms with Crippen LogP contribution in [-0.2, 0) is 0 Å². The van der Waals surface area contributed by atoms with Gasteiger partial charge >= 0.3 is 0 Å². The zero-order valence-electron chi connectivity index (χ0n) is 10.3. The second kappa shape index (κ2) is 7.04. The summed E-state index contributed by atoms with van der Waals surface area (Å²) in [5.41, 5.74) is 6.20. The van der Waals surface area contributed by atoms with Crippen molar-refractivity contribution in [1.29, 1.82) is 0 Å². The molecule has 4 nitrogen and oxygen atoms in total. The minimum absolute atomic E-state index is 0.620. The van der Waals surface area contributed by atoms with Crippen molar-refractivity contribution in [1.82, 2.24) is 9.97 Å². The van der Waals surface area contributed by atoms with Crippen molar-refractivity contribution in [2.75, 3.05) is 23.7 Å². The maximum atomic E-state index is 5.58. The quantitative estimate of drug-likeness (QED) is 0.770. The molecule has 1 rings (SSSR count). The van der Waals surface area contributed by atoms with Crippen molar-refractivity contribution >= 4 is 11.6 Å². The minimum atomic E-state index is 0.620. The molecule has 16 heavy (non-hydrogen) atoms. The lowest BCUT2D eigenvalue weighted by Crippen LogP contribution is -2.27. The highest BCUT2D eigenvalue weighted by atomic mass is 15.2. The fraction of sp³-hybridized carbons (Fsp3) is 0.667. The highest BCUT2D eigenvalue weighted by Gasteiger charge is 2.07. The molecule has 0 aliphatic rings. The number of hydrogen-bond acceptors (Lipinski definition) is 4. The van der Waals surface area contributed by atoms with Gasteiger partial charge in [0, 0.05) is 13.1 Å². The Morgan fingerprint density at radius 1 is 1.06 bits per heavy atom. The van der Waals surface area contributed by atoms with E-state index in [1.54, 1.807) is 12.4 Å². The van der Waals surface area contributed by atoms with Gasteiger partial charge in [-0.3, -0.25) is 0 Å². The standard InChI is InChI=1S/C12H22N4/c1-3-5-7-16(8-6-4-2)12-14-9-11(13)10-15-12/h9-10H,3-8,13H2,1-2H3. The molecule has 0 bridgehead atoms. The molecule has 0 amide bonds. The van der Waals surface area contributed by atoms with Crippen LogP contribution in [0.15, 0.2) is 12.4 Å². The van der Waals surface area contributed by atoms with Gasteiger partial charge in [0.2, 0.25) is 5.95 Å². The number of hydrogen-bond donors (Lipinski definition) is 1. The third kappa shape index (κ3) is 4.04. The molecular formula is C12H22N4. The summed E-state index contributed by atoms with van der Waals surface area (Å²) in [6.45, 7) is 6.45. The van der Waals surface area contributed by atoms with E-state index in [0.29, 0.717) is 5.69 Å². The molecule has 0 aliphatic heterocycles. The van der Waals surface area contributed by atoms with E-state index in [0.717, 1.165) is 19.0 Å². The van der Waals surface area contributed by atoms with Crippen LogP contribution in [0.25, 0.3) is 0 Å². The third-order valence-corrected chi connectivity index (χ3v) is 2.50. The first-order valence-corrected chi connectivity index (χ1v) is 6.10. The van der Waals surface area contributed by atoms with Crippen molar-refractivity contribution in [2.24, 2.45) is 0 Å². The van der Waals surface area contributed by atoms with Crippen molar-refractivity contribution in [3.8, 4) is 0 Å². The number of nitrogens with zero attached hydrogens (tertiary/aromatic N) is 3. The second-order valence-electron chi connectivity index (χ2n) is 4.01. The van der Waals surface area contributed by atoms with Gasteiger partial charge in [0.05, 0.1) is 18.1 Å². The van der Waals surface area contributed by atoms with Crippen LogP contribution in [0.5, 0.6) is 0 Å². The number of anilines is 2. The van der Waals surface area contributed by atoms with Gasteiger partial charge in [0.15, 0.2) is 0 Å². The summed E-state index contributed by atoms with van der Waals surface area (Å²) < 4.78 is 0. The van der Waals surface area contributed by atoms with Crippen molar-refractivity contribution in [3.05, 3.63) is 12.4 Å². The average molecular weight is 222 g/mol. The van der Waals surface area contributed by atoms with Gasteiger partial charge in [-0.15, -0.1) is 0 Å². The Balaban J connectivity index is 2.62. The molecule has 0 aliphatic carbocycles. The van der Waals surface area contributed by atoms with E-state index in [1.807, 2.05) is 0 Å². The summed E-state index contributed by atoms with van der Waals surface area (Å²) in [4.78, 5) is 10.8. The number of nitrogens with two attached hydrogens (primary N) is 1. The number of unbranched alkanes of at least 4 members (excludes halogenated alkanes) is 2. The monoisotopic (exact) mass is 222 g/mol. The lowest BCUT2D eigenvalue weighted by molar-refractivity contribution is 0.663. The number of nitrogen functional groups attached to an aromatic ring is 1. The summed E-state index contributed by atoms with van der Waals surface area (Å²) in [6.07, 6.45) is 8.09. The SMILES string of the molecule is CCCCN(CCCC)c1ncc(N)cn1. The normalized spacial score (nSPS) is 10.4. The van der Waals surface area contributed by atoms with E-state index in [9.17, 15) is 0 Å². The predicted octanol–water partition coefficient (Wildman–Crippen LogP) is 2.47. The van der Waals surface area contributed by atoms with Gasteiger partial charge in [0.1, 0.15) is 0 Å². The third-order valence-electron chi connectivity index (χ3n) is 2.50. The van der Waals surface area contributed by atoms with Gasteiger partial charge < -0.3 is 10.6 Å². The van der Waals surface area contributed by atoms with Crippen LogP contribution in [0.4, 0.5) is 11.6 Å². The Labute approximate surface area is 97.9 Å². The molecule has 0 saturated carbocycles. The van der Waals surface area contributed by atoms with E-state index in [-0.39, 0.29) is 0 Å². The van der Waals surface area contributed by atoms with E-state index >= 15 is 0 Å².